The van der Waals surface area contributed by atoms with Crippen molar-refractivity contribution >= 4 is 0 Å². The van der Waals surface area contributed by atoms with Gasteiger partial charge in [-0.1, -0.05) is 12.1 Å². The third kappa shape index (κ3) is 2.25. The van der Waals surface area contributed by atoms with Gasteiger partial charge in [-0.25, -0.2) is 0 Å². The van der Waals surface area contributed by atoms with Crippen molar-refractivity contribution in [3.8, 4) is 5.75 Å². The van der Waals surface area contributed by atoms with Crippen LogP contribution in [-0.2, 0) is 12.1 Å². The highest BCUT2D eigenvalue weighted by Gasteiger charge is 2.17. The van der Waals surface area contributed by atoms with Crippen LogP contribution in [0.3, 0.4) is 0 Å². The molecule has 0 unspecified atom stereocenters. The highest BCUT2D eigenvalue weighted by molar-refractivity contribution is 5.39. The molecule has 0 saturated carbocycles. The van der Waals surface area contributed by atoms with E-state index in [0.29, 0.717) is 6.54 Å². The minimum Gasteiger partial charge on any atom is -0.496 e. The molecule has 0 aromatic heterocycles. The molecular formula is C11H17NO2. The molecule has 0 aliphatic carbocycles. The predicted octanol–water partition coefficient (Wildman–Crippen LogP) is 1.38. The molecular weight excluding hydrogens is 178 g/mol. The normalized spacial score (nSPS) is 11.5. The third-order valence-electron chi connectivity index (χ3n) is 2.21. The molecule has 0 aliphatic heterocycles. The van der Waals surface area contributed by atoms with Crippen LogP contribution in [0.15, 0.2) is 18.2 Å². The molecule has 78 valence electrons. The first-order valence-electron chi connectivity index (χ1n) is 4.59. The molecule has 1 rings (SSSR count). The van der Waals surface area contributed by atoms with Gasteiger partial charge in [-0.3, -0.25) is 0 Å². The highest BCUT2D eigenvalue weighted by Crippen LogP contribution is 2.26. The smallest absolute Gasteiger partial charge is 0.123 e. The zero-order valence-electron chi connectivity index (χ0n) is 8.87. The SMILES string of the molecule is COc1cc(C(C)(C)O)ccc1CN. The Bertz CT molecular complexity index is 316. The number of nitrogens with two attached hydrogens (primary N) is 1. The lowest BCUT2D eigenvalue weighted by atomic mass is 9.97. The summed E-state index contributed by atoms with van der Waals surface area (Å²) < 4.78 is 5.18. The van der Waals surface area contributed by atoms with E-state index in [9.17, 15) is 5.11 Å². The second-order valence-corrected chi connectivity index (χ2v) is 3.79. The van der Waals surface area contributed by atoms with Crippen LogP contribution in [0.4, 0.5) is 0 Å². The van der Waals surface area contributed by atoms with Gasteiger partial charge in [-0.05, 0) is 25.5 Å². The lowest BCUT2D eigenvalue weighted by molar-refractivity contribution is 0.0783. The van der Waals surface area contributed by atoms with E-state index in [1.54, 1.807) is 21.0 Å². The van der Waals surface area contributed by atoms with Gasteiger partial charge in [0, 0.05) is 12.1 Å². The summed E-state index contributed by atoms with van der Waals surface area (Å²) >= 11 is 0. The largest absolute Gasteiger partial charge is 0.496 e. The molecule has 0 saturated heterocycles. The van der Waals surface area contributed by atoms with Gasteiger partial charge in [0.05, 0.1) is 12.7 Å². The summed E-state index contributed by atoms with van der Waals surface area (Å²) in [5, 5.41) is 9.79. The minimum atomic E-state index is -0.847. The van der Waals surface area contributed by atoms with Crippen LogP contribution < -0.4 is 10.5 Å². The first-order chi connectivity index (χ1) is 6.49. The van der Waals surface area contributed by atoms with Crippen molar-refractivity contribution in [2.45, 2.75) is 26.0 Å². The second-order valence-electron chi connectivity index (χ2n) is 3.79. The van der Waals surface area contributed by atoms with Gasteiger partial charge in [-0.15, -0.1) is 0 Å². The first kappa shape index (κ1) is 11.0. The maximum Gasteiger partial charge on any atom is 0.123 e. The molecule has 0 spiro atoms. The summed E-state index contributed by atoms with van der Waals surface area (Å²) in [4.78, 5) is 0. The third-order valence-corrected chi connectivity index (χ3v) is 2.21. The number of aliphatic hydroxyl groups is 1. The summed E-state index contributed by atoms with van der Waals surface area (Å²) in [6.07, 6.45) is 0. The maximum absolute atomic E-state index is 9.79. The topological polar surface area (TPSA) is 55.5 Å². The molecule has 0 aliphatic rings. The van der Waals surface area contributed by atoms with Gasteiger partial charge >= 0.3 is 0 Å². The number of rotatable bonds is 3. The number of benzene rings is 1. The Balaban J connectivity index is 3.14. The molecule has 1 aromatic rings. The minimum absolute atomic E-state index is 0.440. The Hall–Kier alpha value is -1.06. The van der Waals surface area contributed by atoms with E-state index >= 15 is 0 Å². The standard InChI is InChI=1S/C11H17NO2/c1-11(2,13)9-5-4-8(7-12)10(6-9)14-3/h4-6,13H,7,12H2,1-3H3. The van der Waals surface area contributed by atoms with E-state index in [0.717, 1.165) is 16.9 Å². The van der Waals surface area contributed by atoms with Crippen molar-refractivity contribution in [3.05, 3.63) is 29.3 Å². The zero-order valence-corrected chi connectivity index (χ0v) is 8.87. The Labute approximate surface area is 84.5 Å². The quantitative estimate of drug-likeness (QED) is 0.766. The summed E-state index contributed by atoms with van der Waals surface area (Å²) in [5.41, 5.74) is 6.47. The average Bonchev–Trinajstić information content (AvgIpc) is 2.15. The van der Waals surface area contributed by atoms with E-state index in [2.05, 4.69) is 0 Å². The Kier molecular flexibility index (Phi) is 3.13. The Morgan fingerprint density at radius 3 is 2.50 bits per heavy atom. The van der Waals surface area contributed by atoms with E-state index in [1.807, 2.05) is 18.2 Å². The molecule has 3 nitrogen and oxygen atoms in total. The molecule has 0 atom stereocenters. The molecule has 14 heavy (non-hydrogen) atoms. The van der Waals surface area contributed by atoms with Crippen LogP contribution in [0.25, 0.3) is 0 Å². The van der Waals surface area contributed by atoms with Crippen LogP contribution in [-0.4, -0.2) is 12.2 Å². The van der Waals surface area contributed by atoms with Crippen LogP contribution >= 0.6 is 0 Å². The van der Waals surface area contributed by atoms with Crippen LogP contribution in [0.2, 0.25) is 0 Å². The van der Waals surface area contributed by atoms with Gasteiger partial charge in [-0.2, -0.15) is 0 Å². The predicted molar refractivity (Wildman–Crippen MR) is 56.1 cm³/mol. The zero-order chi connectivity index (χ0) is 10.8. The number of hydrogen-bond acceptors (Lipinski definition) is 3. The molecule has 3 N–H and O–H groups in total. The lowest BCUT2D eigenvalue weighted by Gasteiger charge is -2.19. The van der Waals surface area contributed by atoms with Crippen molar-refractivity contribution in [1.29, 1.82) is 0 Å². The van der Waals surface area contributed by atoms with Gasteiger partial charge in [0.25, 0.3) is 0 Å². The molecule has 0 fully saturated rings. The van der Waals surface area contributed by atoms with Crippen LogP contribution in [0.5, 0.6) is 5.75 Å². The fraction of sp³-hybridized carbons (Fsp3) is 0.455. The molecule has 0 bridgehead atoms. The number of methoxy groups -OCH3 is 1. The molecule has 0 heterocycles. The van der Waals surface area contributed by atoms with Gasteiger partial charge in [0.15, 0.2) is 0 Å². The average molecular weight is 195 g/mol. The van der Waals surface area contributed by atoms with Crippen molar-refractivity contribution in [1.82, 2.24) is 0 Å². The monoisotopic (exact) mass is 195 g/mol. The second kappa shape index (κ2) is 3.98. The summed E-state index contributed by atoms with van der Waals surface area (Å²) in [7, 11) is 1.60. The van der Waals surface area contributed by atoms with E-state index in [-0.39, 0.29) is 0 Å². The number of hydrogen-bond donors (Lipinski definition) is 2. The molecule has 3 heteroatoms. The summed E-state index contributed by atoms with van der Waals surface area (Å²) in [6, 6.07) is 5.57. The Morgan fingerprint density at radius 2 is 2.07 bits per heavy atom. The van der Waals surface area contributed by atoms with Crippen LogP contribution in [0.1, 0.15) is 25.0 Å². The van der Waals surface area contributed by atoms with Crippen molar-refractivity contribution in [3.63, 3.8) is 0 Å². The lowest BCUT2D eigenvalue weighted by Crippen LogP contribution is -2.15. The van der Waals surface area contributed by atoms with Gasteiger partial charge in [0.1, 0.15) is 5.75 Å². The van der Waals surface area contributed by atoms with Crippen molar-refractivity contribution in [2.24, 2.45) is 5.73 Å². The summed E-state index contributed by atoms with van der Waals surface area (Å²) in [6.45, 7) is 3.92. The molecule has 0 radical (unpaired) electrons. The fourth-order valence-corrected chi connectivity index (χ4v) is 1.29. The maximum atomic E-state index is 9.79. The number of ether oxygens (including phenoxy) is 1. The van der Waals surface area contributed by atoms with E-state index in [4.69, 9.17) is 10.5 Å². The molecule has 0 amide bonds. The van der Waals surface area contributed by atoms with E-state index < -0.39 is 5.60 Å². The van der Waals surface area contributed by atoms with Crippen LogP contribution in [0, 0.1) is 0 Å². The van der Waals surface area contributed by atoms with E-state index in [1.165, 1.54) is 0 Å². The molecule has 1 aromatic carbocycles. The van der Waals surface area contributed by atoms with Gasteiger partial charge < -0.3 is 15.6 Å². The fourth-order valence-electron chi connectivity index (χ4n) is 1.29. The summed E-state index contributed by atoms with van der Waals surface area (Å²) in [5.74, 6) is 0.729. The van der Waals surface area contributed by atoms with Gasteiger partial charge in [0.2, 0.25) is 0 Å². The van der Waals surface area contributed by atoms with Crippen molar-refractivity contribution < 1.29 is 9.84 Å². The van der Waals surface area contributed by atoms with Crippen molar-refractivity contribution in [2.75, 3.05) is 7.11 Å². The highest BCUT2D eigenvalue weighted by atomic mass is 16.5. The Morgan fingerprint density at radius 1 is 1.43 bits per heavy atom. The first-order valence-corrected chi connectivity index (χ1v) is 4.59.